The number of methoxy groups -OCH3 is 1. The monoisotopic (exact) mass is 533 g/mol. The van der Waals surface area contributed by atoms with Crippen molar-refractivity contribution in [3.63, 3.8) is 0 Å². The summed E-state index contributed by atoms with van der Waals surface area (Å²) in [4.78, 5) is 27.2. The third-order valence-electron chi connectivity index (χ3n) is 5.92. The molecule has 0 spiro atoms. The summed E-state index contributed by atoms with van der Waals surface area (Å²) in [5.74, 6) is 0.866. The van der Waals surface area contributed by atoms with E-state index in [1.807, 2.05) is 0 Å². The number of rotatable bonds is 7. The zero-order chi connectivity index (χ0) is 23.4. The summed E-state index contributed by atoms with van der Waals surface area (Å²) in [6, 6.07) is 9.62. The van der Waals surface area contributed by atoms with Crippen molar-refractivity contribution >= 4 is 44.9 Å². The van der Waals surface area contributed by atoms with Crippen molar-refractivity contribution in [3.8, 4) is 11.5 Å². The number of ether oxygens (including phenoxy) is 2. The van der Waals surface area contributed by atoms with Gasteiger partial charge in [0, 0.05) is 11.0 Å². The number of halogens is 2. The van der Waals surface area contributed by atoms with E-state index in [2.05, 4.69) is 15.9 Å². The highest BCUT2D eigenvalue weighted by Gasteiger charge is 2.36. The molecule has 1 aliphatic carbocycles. The Morgan fingerprint density at radius 1 is 1.12 bits per heavy atom. The van der Waals surface area contributed by atoms with Crippen molar-refractivity contribution in [1.29, 1.82) is 0 Å². The van der Waals surface area contributed by atoms with Crippen LogP contribution in [0.4, 0.5) is 9.18 Å². The molecule has 1 aliphatic heterocycles. The molecule has 2 aromatic carbocycles. The van der Waals surface area contributed by atoms with E-state index in [0.29, 0.717) is 38.9 Å². The number of hydrogen-bond donors (Lipinski definition) is 0. The molecule has 0 radical (unpaired) electrons. The summed E-state index contributed by atoms with van der Waals surface area (Å²) in [5.41, 5.74) is 1.54. The van der Waals surface area contributed by atoms with Gasteiger partial charge in [0.15, 0.2) is 11.5 Å². The lowest BCUT2D eigenvalue weighted by Gasteiger charge is -2.25. The van der Waals surface area contributed by atoms with Gasteiger partial charge in [0.25, 0.3) is 11.1 Å². The topological polar surface area (TPSA) is 55.8 Å². The second kappa shape index (κ2) is 10.7. The molecule has 0 N–H and O–H groups in total. The summed E-state index contributed by atoms with van der Waals surface area (Å²) in [6.07, 6.45) is 7.42. The van der Waals surface area contributed by atoms with Crippen LogP contribution in [0, 0.1) is 11.7 Å². The van der Waals surface area contributed by atoms with E-state index in [1.165, 1.54) is 43.4 Å². The molecule has 0 aromatic heterocycles. The SMILES string of the molecule is COc1cc(/C=C2/SC(=O)N(CC3CCCCC3)C2=O)c(Br)cc1OCc1ccc(F)cc1. The first kappa shape index (κ1) is 23.8. The molecule has 0 bridgehead atoms. The van der Waals surface area contributed by atoms with Crippen LogP contribution in [0.15, 0.2) is 45.8 Å². The molecule has 4 rings (SSSR count). The standard InChI is InChI=1S/C25H25BrFNO4S/c1-31-21-11-18(20(26)13-22(21)32-15-17-7-9-19(27)10-8-17)12-23-24(29)28(25(30)33-23)14-16-5-3-2-4-6-16/h7-13,16H,2-6,14-15H2,1H3/b23-12+. The number of amides is 2. The fourth-order valence-electron chi connectivity index (χ4n) is 4.10. The summed E-state index contributed by atoms with van der Waals surface area (Å²) in [7, 11) is 1.54. The number of carbonyl (C=O) groups excluding carboxylic acids is 2. The highest BCUT2D eigenvalue weighted by atomic mass is 79.9. The molecule has 8 heteroatoms. The molecule has 2 fully saturated rings. The summed E-state index contributed by atoms with van der Waals surface area (Å²) in [5, 5.41) is -0.209. The number of nitrogens with zero attached hydrogens (tertiary/aromatic N) is 1. The Kier molecular flexibility index (Phi) is 7.75. The Labute approximate surface area is 205 Å². The van der Waals surface area contributed by atoms with E-state index in [1.54, 1.807) is 30.3 Å². The third kappa shape index (κ3) is 5.79. The molecule has 0 unspecified atom stereocenters. The van der Waals surface area contributed by atoms with Crippen LogP contribution in [0.3, 0.4) is 0 Å². The Bertz CT molecular complexity index is 1070. The van der Waals surface area contributed by atoms with Crippen LogP contribution in [-0.4, -0.2) is 29.7 Å². The molecular formula is C25H25BrFNO4S. The average Bonchev–Trinajstić information content (AvgIpc) is 3.08. The van der Waals surface area contributed by atoms with Crippen LogP contribution in [0.5, 0.6) is 11.5 Å². The molecule has 1 saturated heterocycles. The van der Waals surface area contributed by atoms with E-state index in [-0.39, 0.29) is 23.6 Å². The van der Waals surface area contributed by atoms with Crippen LogP contribution >= 0.6 is 27.7 Å². The first-order chi connectivity index (χ1) is 15.9. The molecule has 5 nitrogen and oxygen atoms in total. The molecule has 33 heavy (non-hydrogen) atoms. The van der Waals surface area contributed by atoms with Gasteiger partial charge in [0.1, 0.15) is 12.4 Å². The third-order valence-corrected chi connectivity index (χ3v) is 7.51. The van der Waals surface area contributed by atoms with Crippen molar-refractivity contribution in [1.82, 2.24) is 4.90 Å². The van der Waals surface area contributed by atoms with Crippen LogP contribution in [0.1, 0.15) is 43.2 Å². The van der Waals surface area contributed by atoms with E-state index in [0.717, 1.165) is 30.2 Å². The molecule has 2 amide bonds. The Morgan fingerprint density at radius 3 is 2.55 bits per heavy atom. The average molecular weight is 534 g/mol. The molecule has 0 atom stereocenters. The lowest BCUT2D eigenvalue weighted by Crippen LogP contribution is -2.34. The fourth-order valence-corrected chi connectivity index (χ4v) is 5.38. The van der Waals surface area contributed by atoms with Gasteiger partial charge in [0.05, 0.1) is 12.0 Å². The second-order valence-electron chi connectivity index (χ2n) is 8.24. The highest BCUT2D eigenvalue weighted by molar-refractivity contribution is 9.10. The van der Waals surface area contributed by atoms with Crippen molar-refractivity contribution in [2.45, 2.75) is 38.7 Å². The first-order valence-corrected chi connectivity index (χ1v) is 12.6. The van der Waals surface area contributed by atoms with Gasteiger partial charge in [-0.05, 0) is 72.0 Å². The molecular weight excluding hydrogens is 509 g/mol. The van der Waals surface area contributed by atoms with Gasteiger partial charge in [0.2, 0.25) is 0 Å². The maximum Gasteiger partial charge on any atom is 0.293 e. The number of benzene rings is 2. The lowest BCUT2D eigenvalue weighted by atomic mass is 9.89. The van der Waals surface area contributed by atoms with Gasteiger partial charge in [-0.2, -0.15) is 0 Å². The predicted octanol–water partition coefficient (Wildman–Crippen LogP) is 6.79. The van der Waals surface area contributed by atoms with Crippen molar-refractivity contribution in [2.75, 3.05) is 13.7 Å². The second-order valence-corrected chi connectivity index (χ2v) is 10.1. The largest absolute Gasteiger partial charge is 0.493 e. The van der Waals surface area contributed by atoms with Gasteiger partial charge in [-0.15, -0.1) is 0 Å². The Balaban J connectivity index is 1.49. The minimum Gasteiger partial charge on any atom is -0.493 e. The van der Waals surface area contributed by atoms with Gasteiger partial charge in [-0.3, -0.25) is 14.5 Å². The predicted molar refractivity (Wildman–Crippen MR) is 131 cm³/mol. The fraction of sp³-hybridized carbons (Fsp3) is 0.360. The van der Waals surface area contributed by atoms with E-state index in [9.17, 15) is 14.0 Å². The summed E-state index contributed by atoms with van der Waals surface area (Å²) >= 11 is 4.51. The number of hydrogen-bond acceptors (Lipinski definition) is 5. The number of imide groups is 1. The summed E-state index contributed by atoms with van der Waals surface area (Å²) < 4.78 is 25.2. The zero-order valence-electron chi connectivity index (χ0n) is 18.3. The maximum atomic E-state index is 13.1. The van der Waals surface area contributed by atoms with Crippen molar-refractivity contribution < 1.29 is 23.5 Å². The van der Waals surface area contributed by atoms with Gasteiger partial charge < -0.3 is 9.47 Å². The van der Waals surface area contributed by atoms with Crippen molar-refractivity contribution in [2.24, 2.45) is 5.92 Å². The van der Waals surface area contributed by atoms with Crippen LogP contribution in [0.2, 0.25) is 0 Å². The van der Waals surface area contributed by atoms with E-state index < -0.39 is 0 Å². The normalized spacial score (nSPS) is 18.3. The molecule has 2 aliphatic rings. The lowest BCUT2D eigenvalue weighted by molar-refractivity contribution is -0.123. The van der Waals surface area contributed by atoms with E-state index >= 15 is 0 Å². The molecule has 2 aromatic rings. The van der Waals surface area contributed by atoms with Gasteiger partial charge >= 0.3 is 0 Å². The first-order valence-electron chi connectivity index (χ1n) is 10.9. The molecule has 1 saturated carbocycles. The zero-order valence-corrected chi connectivity index (χ0v) is 20.7. The van der Waals surface area contributed by atoms with Crippen LogP contribution in [-0.2, 0) is 11.4 Å². The summed E-state index contributed by atoms with van der Waals surface area (Å²) in [6.45, 7) is 0.755. The minimum atomic E-state index is -0.299. The minimum absolute atomic E-state index is 0.209. The molecule has 1 heterocycles. The number of thioether (sulfide) groups is 1. The molecule has 174 valence electrons. The quantitative estimate of drug-likeness (QED) is 0.366. The van der Waals surface area contributed by atoms with Crippen LogP contribution < -0.4 is 9.47 Å². The van der Waals surface area contributed by atoms with Crippen molar-refractivity contribution in [3.05, 3.63) is 62.7 Å². The van der Waals surface area contributed by atoms with Gasteiger partial charge in [-0.1, -0.05) is 47.3 Å². The smallest absolute Gasteiger partial charge is 0.293 e. The van der Waals surface area contributed by atoms with Gasteiger partial charge in [-0.25, -0.2) is 4.39 Å². The number of carbonyl (C=O) groups is 2. The Hall–Kier alpha value is -2.32. The van der Waals surface area contributed by atoms with Crippen LogP contribution in [0.25, 0.3) is 6.08 Å². The Morgan fingerprint density at radius 2 is 1.85 bits per heavy atom. The highest BCUT2D eigenvalue weighted by Crippen LogP contribution is 2.39. The van der Waals surface area contributed by atoms with E-state index in [4.69, 9.17) is 9.47 Å². The maximum absolute atomic E-state index is 13.1.